The van der Waals surface area contributed by atoms with Crippen molar-refractivity contribution < 1.29 is 14.4 Å². The molecular weight excluding hydrogens is 324 g/mol. The smallest absolute Gasteiger partial charge is 0.271 e. The van der Waals surface area contributed by atoms with Crippen LogP contribution in [0, 0.1) is 0 Å². The highest BCUT2D eigenvalue weighted by atomic mass is 16.2. The van der Waals surface area contributed by atoms with Gasteiger partial charge in [-0.15, -0.1) is 0 Å². The quantitative estimate of drug-likeness (QED) is 0.808. The van der Waals surface area contributed by atoms with E-state index in [0.717, 1.165) is 25.7 Å². The van der Waals surface area contributed by atoms with E-state index in [1.54, 1.807) is 6.20 Å². The molecular formula is C16H22N6O3. The first kappa shape index (κ1) is 17.1. The van der Waals surface area contributed by atoms with E-state index in [-0.39, 0.29) is 36.7 Å². The second kappa shape index (κ2) is 7.45. The third kappa shape index (κ3) is 4.43. The van der Waals surface area contributed by atoms with Gasteiger partial charge in [0.25, 0.3) is 5.91 Å². The van der Waals surface area contributed by atoms with Gasteiger partial charge in [-0.3, -0.25) is 19.1 Å². The SMILES string of the molecule is CN1N=C(C(=O)Nc2cnn(CC(=O)NC3CCCC3)c2)CCC1=O. The molecule has 2 N–H and O–H groups in total. The summed E-state index contributed by atoms with van der Waals surface area (Å²) >= 11 is 0. The van der Waals surface area contributed by atoms with Gasteiger partial charge in [0.15, 0.2) is 0 Å². The van der Waals surface area contributed by atoms with Crippen molar-refractivity contribution in [2.75, 3.05) is 12.4 Å². The van der Waals surface area contributed by atoms with E-state index in [1.165, 1.54) is 22.9 Å². The number of rotatable bonds is 5. The van der Waals surface area contributed by atoms with Gasteiger partial charge < -0.3 is 10.6 Å². The highest BCUT2D eigenvalue weighted by Gasteiger charge is 2.22. The van der Waals surface area contributed by atoms with Crippen LogP contribution in [0.2, 0.25) is 0 Å². The molecule has 2 aliphatic rings. The van der Waals surface area contributed by atoms with E-state index in [0.29, 0.717) is 17.8 Å². The molecule has 3 rings (SSSR count). The Morgan fingerprint density at radius 3 is 2.76 bits per heavy atom. The van der Waals surface area contributed by atoms with Gasteiger partial charge in [0.1, 0.15) is 12.3 Å². The topological polar surface area (TPSA) is 109 Å². The van der Waals surface area contributed by atoms with E-state index in [9.17, 15) is 14.4 Å². The van der Waals surface area contributed by atoms with Crippen molar-refractivity contribution >= 4 is 29.1 Å². The molecule has 9 heteroatoms. The number of amides is 3. The molecule has 25 heavy (non-hydrogen) atoms. The van der Waals surface area contributed by atoms with Gasteiger partial charge in [0, 0.05) is 32.1 Å². The fourth-order valence-corrected chi connectivity index (χ4v) is 3.04. The van der Waals surface area contributed by atoms with Crippen LogP contribution in [0.1, 0.15) is 38.5 Å². The standard InChI is InChI=1S/C16H22N6O3/c1-21-15(24)7-6-13(20-21)16(25)19-12-8-17-22(9-12)10-14(23)18-11-4-2-3-5-11/h8-9,11H,2-7,10H2,1H3,(H,18,23)(H,19,25). The van der Waals surface area contributed by atoms with Crippen LogP contribution in [-0.4, -0.2) is 51.3 Å². The van der Waals surface area contributed by atoms with Crippen LogP contribution in [0.25, 0.3) is 0 Å². The molecule has 1 fully saturated rings. The van der Waals surface area contributed by atoms with Crippen LogP contribution in [0.4, 0.5) is 5.69 Å². The average Bonchev–Trinajstić information content (AvgIpc) is 3.22. The maximum atomic E-state index is 12.2. The highest BCUT2D eigenvalue weighted by molar-refractivity contribution is 6.43. The van der Waals surface area contributed by atoms with Crippen LogP contribution in [0.15, 0.2) is 17.5 Å². The van der Waals surface area contributed by atoms with Gasteiger partial charge in [-0.1, -0.05) is 12.8 Å². The van der Waals surface area contributed by atoms with Gasteiger partial charge in [-0.25, -0.2) is 5.01 Å². The number of nitrogens with one attached hydrogen (secondary N) is 2. The van der Waals surface area contributed by atoms with Crippen molar-refractivity contribution in [3.05, 3.63) is 12.4 Å². The molecule has 1 aromatic heterocycles. The fourth-order valence-electron chi connectivity index (χ4n) is 3.04. The van der Waals surface area contributed by atoms with Gasteiger partial charge in [-0.2, -0.15) is 10.2 Å². The lowest BCUT2D eigenvalue weighted by Crippen LogP contribution is -2.35. The Kier molecular flexibility index (Phi) is 5.11. The van der Waals surface area contributed by atoms with Gasteiger partial charge in [0.05, 0.1) is 11.9 Å². The Morgan fingerprint density at radius 2 is 2.04 bits per heavy atom. The fraction of sp³-hybridized carbons (Fsp3) is 0.562. The number of hydrogen-bond acceptors (Lipinski definition) is 5. The second-order valence-electron chi connectivity index (χ2n) is 6.39. The molecule has 1 saturated carbocycles. The van der Waals surface area contributed by atoms with Crippen LogP contribution < -0.4 is 10.6 Å². The predicted molar refractivity (Wildman–Crippen MR) is 90.7 cm³/mol. The first-order chi connectivity index (χ1) is 12.0. The van der Waals surface area contributed by atoms with E-state index >= 15 is 0 Å². The van der Waals surface area contributed by atoms with Crippen molar-refractivity contribution in [1.82, 2.24) is 20.1 Å². The summed E-state index contributed by atoms with van der Waals surface area (Å²) in [6.07, 6.45) is 8.05. The molecule has 134 valence electrons. The van der Waals surface area contributed by atoms with Crippen LogP contribution >= 0.6 is 0 Å². The number of carbonyl (C=O) groups is 3. The summed E-state index contributed by atoms with van der Waals surface area (Å²) in [5, 5.41) is 14.9. The van der Waals surface area contributed by atoms with E-state index in [1.807, 2.05) is 0 Å². The molecule has 0 radical (unpaired) electrons. The lowest BCUT2D eigenvalue weighted by molar-refractivity contribution is -0.130. The van der Waals surface area contributed by atoms with Gasteiger partial charge >= 0.3 is 0 Å². The third-order valence-electron chi connectivity index (χ3n) is 4.39. The van der Waals surface area contributed by atoms with Crippen LogP contribution in [0.3, 0.4) is 0 Å². The van der Waals surface area contributed by atoms with E-state index in [2.05, 4.69) is 20.8 Å². The largest absolute Gasteiger partial charge is 0.352 e. The van der Waals surface area contributed by atoms with Crippen molar-refractivity contribution in [3.63, 3.8) is 0 Å². The number of nitrogens with zero attached hydrogens (tertiary/aromatic N) is 4. The molecule has 0 saturated heterocycles. The molecule has 0 atom stereocenters. The molecule has 1 aliphatic heterocycles. The zero-order chi connectivity index (χ0) is 17.8. The number of carbonyl (C=O) groups excluding carboxylic acids is 3. The summed E-state index contributed by atoms with van der Waals surface area (Å²) in [4.78, 5) is 35.6. The predicted octanol–water partition coefficient (Wildman–Crippen LogP) is 0.489. The maximum Gasteiger partial charge on any atom is 0.271 e. The summed E-state index contributed by atoms with van der Waals surface area (Å²) in [5.74, 6) is -0.559. The van der Waals surface area contributed by atoms with Crippen LogP contribution in [-0.2, 0) is 20.9 Å². The lowest BCUT2D eigenvalue weighted by atomic mass is 10.1. The Hall–Kier alpha value is -2.71. The average molecular weight is 346 g/mol. The zero-order valence-electron chi connectivity index (χ0n) is 14.2. The molecule has 0 spiro atoms. The Labute approximate surface area is 145 Å². The van der Waals surface area contributed by atoms with Crippen molar-refractivity contribution in [2.45, 2.75) is 51.1 Å². The molecule has 0 unspecified atom stereocenters. The van der Waals surface area contributed by atoms with Crippen molar-refractivity contribution in [2.24, 2.45) is 5.10 Å². The first-order valence-electron chi connectivity index (χ1n) is 8.48. The number of hydrogen-bond donors (Lipinski definition) is 2. The number of hydrazone groups is 1. The van der Waals surface area contributed by atoms with Crippen molar-refractivity contribution in [3.8, 4) is 0 Å². The summed E-state index contributed by atoms with van der Waals surface area (Å²) in [7, 11) is 1.52. The Morgan fingerprint density at radius 1 is 1.28 bits per heavy atom. The molecule has 0 aromatic carbocycles. The molecule has 1 aliphatic carbocycles. The number of anilines is 1. The summed E-state index contributed by atoms with van der Waals surface area (Å²) < 4.78 is 1.48. The van der Waals surface area contributed by atoms with E-state index in [4.69, 9.17) is 0 Å². The van der Waals surface area contributed by atoms with Crippen molar-refractivity contribution in [1.29, 1.82) is 0 Å². The summed E-state index contributed by atoms with van der Waals surface area (Å²) in [6, 6.07) is 0.270. The monoisotopic (exact) mass is 346 g/mol. The zero-order valence-corrected chi connectivity index (χ0v) is 14.2. The molecule has 2 heterocycles. The minimum atomic E-state index is -0.366. The Bertz CT molecular complexity index is 704. The molecule has 1 aromatic rings. The summed E-state index contributed by atoms with van der Waals surface area (Å²) in [5.41, 5.74) is 0.787. The minimum absolute atomic E-state index is 0.0790. The molecule has 3 amide bonds. The van der Waals surface area contributed by atoms with Gasteiger partial charge in [0.2, 0.25) is 11.8 Å². The minimum Gasteiger partial charge on any atom is -0.352 e. The van der Waals surface area contributed by atoms with E-state index < -0.39 is 0 Å². The van der Waals surface area contributed by atoms with Crippen LogP contribution in [0.5, 0.6) is 0 Å². The highest BCUT2D eigenvalue weighted by Crippen LogP contribution is 2.17. The maximum absolute atomic E-state index is 12.2. The first-order valence-corrected chi connectivity index (χ1v) is 8.48. The molecule has 0 bridgehead atoms. The second-order valence-corrected chi connectivity index (χ2v) is 6.39. The van der Waals surface area contributed by atoms with Gasteiger partial charge in [-0.05, 0) is 12.8 Å². The Balaban J connectivity index is 1.52. The number of aromatic nitrogens is 2. The third-order valence-corrected chi connectivity index (χ3v) is 4.39. The molecule has 9 nitrogen and oxygen atoms in total. The normalized spacial score (nSPS) is 18.2. The lowest BCUT2D eigenvalue weighted by Gasteiger charge is -2.18. The summed E-state index contributed by atoms with van der Waals surface area (Å²) in [6.45, 7) is 0.116.